The first kappa shape index (κ1) is 14.1. The van der Waals surface area contributed by atoms with E-state index in [9.17, 15) is 9.59 Å². The smallest absolute Gasteiger partial charge is 0.262 e. The Hall–Kier alpha value is -2.89. The molecule has 0 aliphatic carbocycles. The lowest BCUT2D eigenvalue weighted by molar-refractivity contribution is -0.118. The normalized spacial score (nSPS) is 12.9. The molecule has 0 radical (unpaired) electrons. The van der Waals surface area contributed by atoms with Crippen LogP contribution in [0.5, 0.6) is 5.75 Å². The van der Waals surface area contributed by atoms with Gasteiger partial charge in [-0.2, -0.15) is 0 Å². The number of nitrogens with one attached hydrogen (secondary N) is 2. The van der Waals surface area contributed by atoms with Crippen LogP contribution in [0.4, 0.5) is 11.4 Å². The molecule has 6 nitrogen and oxygen atoms in total. The van der Waals surface area contributed by atoms with Crippen LogP contribution in [0.15, 0.2) is 36.5 Å². The molecule has 2 N–H and O–H groups in total. The molecule has 0 bridgehead atoms. The number of aromatic nitrogens is 1. The van der Waals surface area contributed by atoms with Crippen molar-refractivity contribution < 1.29 is 14.3 Å². The van der Waals surface area contributed by atoms with Gasteiger partial charge in [0.2, 0.25) is 5.91 Å². The van der Waals surface area contributed by atoms with Crippen LogP contribution in [-0.2, 0) is 16.0 Å². The average Bonchev–Trinajstić information content (AvgIpc) is 2.46. The maximum absolute atomic E-state index is 12.1. The zero-order valence-corrected chi connectivity index (χ0v) is 12.1. The quantitative estimate of drug-likeness (QED) is 0.906. The van der Waals surface area contributed by atoms with Crippen molar-refractivity contribution in [2.75, 3.05) is 17.2 Å². The van der Waals surface area contributed by atoms with Gasteiger partial charge in [0.05, 0.1) is 12.1 Å². The number of aryl methyl sites for hydroxylation is 1. The van der Waals surface area contributed by atoms with Crippen molar-refractivity contribution in [3.63, 3.8) is 0 Å². The molecule has 0 saturated carbocycles. The molecule has 2 amide bonds. The predicted octanol–water partition coefficient (Wildman–Crippen LogP) is 1.90. The Morgan fingerprint density at radius 1 is 1.36 bits per heavy atom. The lowest BCUT2D eigenvalue weighted by atomic mass is 10.1. The standard InChI is InChI=1S/C16H15N3O3/c1-10-6-12(4-5-17-10)18-15(20)8-11-2-3-14-13(7-11)19-16(21)9-22-14/h2-7H,8-9H2,1H3,(H,19,21)(H,17,18,20). The summed E-state index contributed by atoms with van der Waals surface area (Å²) in [6.07, 6.45) is 1.86. The summed E-state index contributed by atoms with van der Waals surface area (Å²) in [6, 6.07) is 8.87. The fourth-order valence-corrected chi connectivity index (χ4v) is 2.25. The van der Waals surface area contributed by atoms with E-state index in [0.29, 0.717) is 17.1 Å². The van der Waals surface area contributed by atoms with Gasteiger partial charge >= 0.3 is 0 Å². The molecule has 2 heterocycles. The summed E-state index contributed by atoms with van der Waals surface area (Å²) >= 11 is 0. The van der Waals surface area contributed by atoms with Gasteiger partial charge in [-0.05, 0) is 36.8 Å². The first-order valence-corrected chi connectivity index (χ1v) is 6.88. The van der Waals surface area contributed by atoms with Crippen LogP contribution in [-0.4, -0.2) is 23.4 Å². The van der Waals surface area contributed by atoms with Gasteiger partial charge in [-0.1, -0.05) is 6.07 Å². The number of ether oxygens (including phenoxy) is 1. The molecule has 2 aromatic rings. The third kappa shape index (κ3) is 3.22. The summed E-state index contributed by atoms with van der Waals surface area (Å²) in [5.41, 5.74) is 2.95. The second-order valence-corrected chi connectivity index (χ2v) is 5.08. The van der Waals surface area contributed by atoms with Crippen molar-refractivity contribution in [1.29, 1.82) is 0 Å². The number of rotatable bonds is 3. The van der Waals surface area contributed by atoms with E-state index in [-0.39, 0.29) is 24.8 Å². The minimum Gasteiger partial charge on any atom is -0.482 e. The Bertz CT molecular complexity index is 743. The highest BCUT2D eigenvalue weighted by atomic mass is 16.5. The number of hydrogen-bond donors (Lipinski definition) is 2. The van der Waals surface area contributed by atoms with Crippen LogP contribution in [0.1, 0.15) is 11.3 Å². The van der Waals surface area contributed by atoms with E-state index >= 15 is 0 Å². The maximum Gasteiger partial charge on any atom is 0.262 e. The molecule has 0 fully saturated rings. The largest absolute Gasteiger partial charge is 0.482 e. The second-order valence-electron chi connectivity index (χ2n) is 5.08. The highest BCUT2D eigenvalue weighted by Gasteiger charge is 2.16. The van der Waals surface area contributed by atoms with E-state index in [0.717, 1.165) is 11.3 Å². The molecule has 22 heavy (non-hydrogen) atoms. The first-order valence-electron chi connectivity index (χ1n) is 6.88. The average molecular weight is 297 g/mol. The SMILES string of the molecule is Cc1cc(NC(=O)Cc2ccc3c(c2)NC(=O)CO3)ccn1. The molecular weight excluding hydrogens is 282 g/mol. The number of benzene rings is 1. The van der Waals surface area contributed by atoms with Crippen LogP contribution in [0.2, 0.25) is 0 Å². The minimum atomic E-state index is -0.193. The van der Waals surface area contributed by atoms with E-state index in [4.69, 9.17) is 4.74 Å². The molecule has 1 aromatic heterocycles. The van der Waals surface area contributed by atoms with Crippen molar-refractivity contribution >= 4 is 23.2 Å². The van der Waals surface area contributed by atoms with Crippen LogP contribution in [0, 0.1) is 6.92 Å². The van der Waals surface area contributed by atoms with Crippen molar-refractivity contribution in [2.24, 2.45) is 0 Å². The first-order chi connectivity index (χ1) is 10.6. The number of amides is 2. The minimum absolute atomic E-state index is 0.0221. The van der Waals surface area contributed by atoms with Gasteiger partial charge in [-0.15, -0.1) is 0 Å². The Labute approximate surface area is 127 Å². The van der Waals surface area contributed by atoms with E-state index in [1.54, 1.807) is 30.5 Å². The maximum atomic E-state index is 12.1. The number of hydrogen-bond acceptors (Lipinski definition) is 4. The van der Waals surface area contributed by atoms with Crippen LogP contribution >= 0.6 is 0 Å². The van der Waals surface area contributed by atoms with Gasteiger partial charge in [0.25, 0.3) is 5.91 Å². The van der Waals surface area contributed by atoms with Gasteiger partial charge in [-0.3, -0.25) is 14.6 Å². The lowest BCUT2D eigenvalue weighted by Gasteiger charge is -2.18. The second kappa shape index (κ2) is 5.85. The number of fused-ring (bicyclic) bond motifs is 1. The van der Waals surface area contributed by atoms with Crippen LogP contribution in [0.25, 0.3) is 0 Å². The Morgan fingerprint density at radius 3 is 3.05 bits per heavy atom. The van der Waals surface area contributed by atoms with Gasteiger partial charge in [0.1, 0.15) is 5.75 Å². The third-order valence-corrected chi connectivity index (χ3v) is 3.22. The number of carbonyl (C=O) groups is 2. The van der Waals surface area contributed by atoms with Gasteiger partial charge in [-0.25, -0.2) is 0 Å². The summed E-state index contributed by atoms with van der Waals surface area (Å²) < 4.78 is 5.28. The molecular formula is C16H15N3O3. The van der Waals surface area contributed by atoms with Gasteiger partial charge in [0.15, 0.2) is 6.61 Å². The van der Waals surface area contributed by atoms with E-state index < -0.39 is 0 Å². The van der Waals surface area contributed by atoms with Crippen molar-refractivity contribution in [2.45, 2.75) is 13.3 Å². The lowest BCUT2D eigenvalue weighted by Crippen LogP contribution is -2.25. The van der Waals surface area contributed by atoms with Crippen molar-refractivity contribution in [3.8, 4) is 5.75 Å². The Balaban J connectivity index is 1.69. The van der Waals surface area contributed by atoms with E-state index in [1.165, 1.54) is 0 Å². The summed E-state index contributed by atoms with van der Waals surface area (Å²) in [5, 5.41) is 5.55. The zero-order valence-electron chi connectivity index (χ0n) is 12.1. The molecule has 0 atom stereocenters. The number of anilines is 2. The number of nitrogens with zero attached hydrogens (tertiary/aromatic N) is 1. The summed E-state index contributed by atoms with van der Waals surface area (Å²) in [7, 11) is 0. The molecule has 0 spiro atoms. The molecule has 112 valence electrons. The van der Waals surface area contributed by atoms with Gasteiger partial charge in [0, 0.05) is 17.6 Å². The third-order valence-electron chi connectivity index (χ3n) is 3.22. The van der Waals surface area contributed by atoms with Crippen LogP contribution < -0.4 is 15.4 Å². The number of carbonyl (C=O) groups excluding carboxylic acids is 2. The van der Waals surface area contributed by atoms with Crippen molar-refractivity contribution in [1.82, 2.24) is 4.98 Å². The van der Waals surface area contributed by atoms with Crippen molar-refractivity contribution in [3.05, 3.63) is 47.8 Å². The molecule has 6 heteroatoms. The molecule has 0 unspecified atom stereocenters. The molecule has 1 aromatic carbocycles. The van der Waals surface area contributed by atoms with Crippen LogP contribution in [0.3, 0.4) is 0 Å². The number of pyridine rings is 1. The summed E-state index contributed by atoms with van der Waals surface area (Å²) in [4.78, 5) is 27.5. The molecule has 0 saturated heterocycles. The fourth-order valence-electron chi connectivity index (χ4n) is 2.25. The highest BCUT2D eigenvalue weighted by Crippen LogP contribution is 2.28. The summed E-state index contributed by atoms with van der Waals surface area (Å²) in [6.45, 7) is 1.88. The monoisotopic (exact) mass is 297 g/mol. The van der Waals surface area contributed by atoms with Gasteiger partial charge < -0.3 is 15.4 Å². The predicted molar refractivity (Wildman–Crippen MR) is 81.9 cm³/mol. The summed E-state index contributed by atoms with van der Waals surface area (Å²) in [5.74, 6) is 0.295. The Kier molecular flexibility index (Phi) is 3.74. The Morgan fingerprint density at radius 2 is 2.23 bits per heavy atom. The topological polar surface area (TPSA) is 80.3 Å². The fraction of sp³-hybridized carbons (Fsp3) is 0.188. The molecule has 1 aliphatic rings. The highest BCUT2D eigenvalue weighted by molar-refractivity contribution is 5.96. The zero-order chi connectivity index (χ0) is 15.5. The van der Waals surface area contributed by atoms with E-state index in [1.807, 2.05) is 13.0 Å². The molecule has 1 aliphatic heterocycles. The molecule has 3 rings (SSSR count). The van der Waals surface area contributed by atoms with E-state index in [2.05, 4.69) is 15.6 Å².